The first-order chi connectivity index (χ1) is 8.68. The number of hydrogen-bond acceptors (Lipinski definition) is 5. The van der Waals surface area contributed by atoms with E-state index in [0.717, 1.165) is 13.0 Å². The molecule has 0 radical (unpaired) electrons. The van der Waals surface area contributed by atoms with E-state index in [1.807, 2.05) is 0 Å². The molecular weight excluding hydrogens is 254 g/mol. The SMILES string of the molecule is O=S(=O)(c1ccc2c(c1)OCCO2)C1CCCN1. The summed E-state index contributed by atoms with van der Waals surface area (Å²) in [5, 5.41) is 2.54. The van der Waals surface area contributed by atoms with Gasteiger partial charge in [0.25, 0.3) is 0 Å². The Morgan fingerprint density at radius 2 is 1.94 bits per heavy atom. The maximum absolute atomic E-state index is 12.4. The third-order valence-corrected chi connectivity index (χ3v) is 5.29. The second-order valence-electron chi connectivity index (χ2n) is 4.44. The minimum absolute atomic E-state index is 0.297. The van der Waals surface area contributed by atoms with Gasteiger partial charge in [-0.15, -0.1) is 0 Å². The van der Waals surface area contributed by atoms with Gasteiger partial charge in [0.2, 0.25) is 0 Å². The zero-order chi connectivity index (χ0) is 12.6. The molecule has 0 bridgehead atoms. The van der Waals surface area contributed by atoms with Crippen LogP contribution in [0.2, 0.25) is 0 Å². The summed E-state index contributed by atoms with van der Waals surface area (Å²) in [6.45, 7) is 1.72. The average Bonchev–Trinajstić information content (AvgIpc) is 2.92. The maximum Gasteiger partial charge on any atom is 0.194 e. The third kappa shape index (κ3) is 1.95. The molecule has 18 heavy (non-hydrogen) atoms. The van der Waals surface area contributed by atoms with Gasteiger partial charge in [-0.1, -0.05) is 0 Å². The summed E-state index contributed by atoms with van der Waals surface area (Å²) in [6.07, 6.45) is 1.56. The molecule has 3 rings (SSSR count). The summed E-state index contributed by atoms with van der Waals surface area (Å²) < 4.78 is 35.5. The molecule has 2 aliphatic heterocycles. The van der Waals surface area contributed by atoms with E-state index in [0.29, 0.717) is 36.0 Å². The molecule has 5 nitrogen and oxygen atoms in total. The summed E-state index contributed by atoms with van der Waals surface area (Å²) in [5.41, 5.74) is 0. The second kappa shape index (κ2) is 4.44. The molecule has 0 saturated carbocycles. The zero-order valence-electron chi connectivity index (χ0n) is 9.89. The number of sulfone groups is 1. The Kier molecular flexibility index (Phi) is 2.91. The fourth-order valence-corrected chi connectivity index (χ4v) is 3.95. The van der Waals surface area contributed by atoms with Crippen LogP contribution >= 0.6 is 0 Å². The first-order valence-corrected chi connectivity index (χ1v) is 7.59. The van der Waals surface area contributed by atoms with E-state index in [2.05, 4.69) is 5.32 Å². The van der Waals surface area contributed by atoms with Crippen LogP contribution in [0.15, 0.2) is 23.1 Å². The van der Waals surface area contributed by atoms with Gasteiger partial charge in [-0.3, -0.25) is 0 Å². The van der Waals surface area contributed by atoms with Crippen LogP contribution in [0.4, 0.5) is 0 Å². The first kappa shape index (κ1) is 11.8. The lowest BCUT2D eigenvalue weighted by Crippen LogP contribution is -2.31. The summed E-state index contributed by atoms with van der Waals surface area (Å²) >= 11 is 0. The van der Waals surface area contributed by atoms with E-state index < -0.39 is 15.2 Å². The summed E-state index contributed by atoms with van der Waals surface area (Å²) in [4.78, 5) is 0.297. The highest BCUT2D eigenvalue weighted by atomic mass is 32.2. The Bertz CT molecular complexity index is 549. The second-order valence-corrected chi connectivity index (χ2v) is 6.57. The molecule has 1 N–H and O–H groups in total. The van der Waals surface area contributed by atoms with Crippen molar-refractivity contribution in [2.24, 2.45) is 0 Å². The fourth-order valence-electron chi connectivity index (χ4n) is 2.28. The van der Waals surface area contributed by atoms with E-state index in [-0.39, 0.29) is 0 Å². The Morgan fingerprint density at radius 3 is 2.67 bits per heavy atom. The van der Waals surface area contributed by atoms with Crippen molar-refractivity contribution in [2.75, 3.05) is 19.8 Å². The van der Waals surface area contributed by atoms with Crippen LogP contribution in [-0.4, -0.2) is 33.6 Å². The molecule has 1 atom stereocenters. The lowest BCUT2D eigenvalue weighted by Gasteiger charge is -2.19. The Labute approximate surface area is 106 Å². The van der Waals surface area contributed by atoms with Crippen molar-refractivity contribution in [3.8, 4) is 11.5 Å². The van der Waals surface area contributed by atoms with Gasteiger partial charge in [0.05, 0.1) is 4.90 Å². The predicted octanol–water partition coefficient (Wildman–Crippen LogP) is 0.941. The quantitative estimate of drug-likeness (QED) is 0.865. The van der Waals surface area contributed by atoms with Gasteiger partial charge in [-0.05, 0) is 31.5 Å². The van der Waals surface area contributed by atoms with Gasteiger partial charge < -0.3 is 14.8 Å². The minimum Gasteiger partial charge on any atom is -0.486 e. The van der Waals surface area contributed by atoms with E-state index in [1.54, 1.807) is 18.2 Å². The van der Waals surface area contributed by atoms with Crippen LogP contribution in [0, 0.1) is 0 Å². The Hall–Kier alpha value is -1.27. The molecule has 1 aromatic rings. The summed E-state index contributed by atoms with van der Waals surface area (Å²) in [5.74, 6) is 1.12. The van der Waals surface area contributed by atoms with Crippen molar-refractivity contribution in [3.05, 3.63) is 18.2 Å². The first-order valence-electron chi connectivity index (χ1n) is 6.05. The Balaban J connectivity index is 1.96. The highest BCUT2D eigenvalue weighted by Crippen LogP contribution is 2.33. The van der Waals surface area contributed by atoms with Gasteiger partial charge in [-0.25, -0.2) is 8.42 Å². The van der Waals surface area contributed by atoms with Gasteiger partial charge in [0, 0.05) is 6.07 Å². The molecule has 1 fully saturated rings. The van der Waals surface area contributed by atoms with Crippen LogP contribution in [-0.2, 0) is 9.84 Å². The van der Waals surface area contributed by atoms with Crippen molar-refractivity contribution in [3.63, 3.8) is 0 Å². The monoisotopic (exact) mass is 269 g/mol. The van der Waals surface area contributed by atoms with Crippen LogP contribution in [0.25, 0.3) is 0 Å². The van der Waals surface area contributed by atoms with Gasteiger partial charge >= 0.3 is 0 Å². The number of ether oxygens (including phenoxy) is 2. The molecule has 0 spiro atoms. The minimum atomic E-state index is -3.32. The van der Waals surface area contributed by atoms with Crippen LogP contribution in [0.1, 0.15) is 12.8 Å². The van der Waals surface area contributed by atoms with Crippen molar-refractivity contribution in [1.29, 1.82) is 0 Å². The lowest BCUT2D eigenvalue weighted by molar-refractivity contribution is 0.171. The molecule has 2 aliphatic rings. The molecule has 1 aromatic carbocycles. The van der Waals surface area contributed by atoms with Crippen LogP contribution < -0.4 is 14.8 Å². The topological polar surface area (TPSA) is 64.6 Å². The third-order valence-electron chi connectivity index (χ3n) is 3.23. The molecule has 0 aromatic heterocycles. The molecule has 98 valence electrons. The van der Waals surface area contributed by atoms with Crippen molar-refractivity contribution < 1.29 is 17.9 Å². The largest absolute Gasteiger partial charge is 0.486 e. The normalized spacial score (nSPS) is 23.0. The highest BCUT2D eigenvalue weighted by molar-refractivity contribution is 7.92. The Morgan fingerprint density at radius 1 is 1.17 bits per heavy atom. The smallest absolute Gasteiger partial charge is 0.194 e. The summed E-state index contributed by atoms with van der Waals surface area (Å²) in [7, 11) is -3.32. The van der Waals surface area contributed by atoms with E-state index in [9.17, 15) is 8.42 Å². The van der Waals surface area contributed by atoms with E-state index in [1.165, 1.54) is 0 Å². The van der Waals surface area contributed by atoms with Crippen LogP contribution in [0.5, 0.6) is 11.5 Å². The lowest BCUT2D eigenvalue weighted by atomic mass is 10.3. The fraction of sp³-hybridized carbons (Fsp3) is 0.500. The molecule has 6 heteroatoms. The molecular formula is C12H15NO4S. The number of hydrogen-bond donors (Lipinski definition) is 1. The van der Waals surface area contributed by atoms with Gasteiger partial charge in [0.15, 0.2) is 21.3 Å². The van der Waals surface area contributed by atoms with Crippen molar-refractivity contribution >= 4 is 9.84 Å². The molecule has 2 heterocycles. The number of fused-ring (bicyclic) bond motifs is 1. The molecule has 0 aliphatic carbocycles. The van der Waals surface area contributed by atoms with Gasteiger partial charge in [-0.2, -0.15) is 0 Å². The summed E-state index contributed by atoms with van der Waals surface area (Å²) in [6, 6.07) is 4.81. The number of rotatable bonds is 2. The molecule has 1 saturated heterocycles. The van der Waals surface area contributed by atoms with E-state index >= 15 is 0 Å². The predicted molar refractivity (Wildman–Crippen MR) is 65.6 cm³/mol. The zero-order valence-corrected chi connectivity index (χ0v) is 10.7. The van der Waals surface area contributed by atoms with Gasteiger partial charge in [0.1, 0.15) is 18.6 Å². The average molecular weight is 269 g/mol. The highest BCUT2D eigenvalue weighted by Gasteiger charge is 2.30. The van der Waals surface area contributed by atoms with Crippen molar-refractivity contribution in [2.45, 2.75) is 23.1 Å². The maximum atomic E-state index is 12.4. The standard InChI is InChI=1S/C12H15NO4S/c14-18(15,12-2-1-5-13-12)9-3-4-10-11(8-9)17-7-6-16-10/h3-4,8,12-13H,1-2,5-7H2. The van der Waals surface area contributed by atoms with Crippen molar-refractivity contribution in [1.82, 2.24) is 5.32 Å². The molecule has 0 amide bonds. The van der Waals surface area contributed by atoms with Crippen LogP contribution in [0.3, 0.4) is 0 Å². The number of nitrogens with one attached hydrogen (secondary N) is 1. The number of benzene rings is 1. The van der Waals surface area contributed by atoms with E-state index in [4.69, 9.17) is 9.47 Å². The molecule has 1 unspecified atom stereocenters.